The molecule has 0 saturated heterocycles. The van der Waals surface area contributed by atoms with E-state index in [9.17, 15) is 8.42 Å². The lowest BCUT2D eigenvalue weighted by molar-refractivity contribution is 0.217. The van der Waals surface area contributed by atoms with E-state index < -0.39 is 10.0 Å². The average Bonchev–Trinajstić information content (AvgIpc) is 3.20. The van der Waals surface area contributed by atoms with Crippen molar-refractivity contribution in [3.63, 3.8) is 0 Å². The fourth-order valence-electron chi connectivity index (χ4n) is 3.52. The number of ether oxygens (including phenoxy) is 2. The van der Waals surface area contributed by atoms with Crippen LogP contribution in [0.5, 0.6) is 11.5 Å². The molecule has 6 nitrogen and oxygen atoms in total. The van der Waals surface area contributed by atoms with Crippen LogP contribution < -0.4 is 14.2 Å². The summed E-state index contributed by atoms with van der Waals surface area (Å²) in [7, 11) is -3.89. The number of rotatable bonds is 8. The second-order valence-corrected chi connectivity index (χ2v) is 9.33. The van der Waals surface area contributed by atoms with E-state index in [0.29, 0.717) is 22.9 Å². The molecule has 1 aliphatic carbocycles. The maximum Gasteiger partial charge on any atom is 0.263 e. The van der Waals surface area contributed by atoms with Crippen molar-refractivity contribution < 1.29 is 17.9 Å². The number of fused-ring (bicyclic) bond motifs is 1. The molecule has 8 heteroatoms. The molecule has 2 aromatic carbocycles. The van der Waals surface area contributed by atoms with Crippen LogP contribution in [0.25, 0.3) is 0 Å². The fraction of sp³-hybridized carbons (Fsp3) is 0.261. The Morgan fingerprint density at radius 3 is 2.61 bits per heavy atom. The molecule has 1 N–H and O–H groups in total. The lowest BCUT2D eigenvalue weighted by Crippen LogP contribution is -2.18. The molecule has 1 heterocycles. The predicted molar refractivity (Wildman–Crippen MR) is 121 cm³/mol. The van der Waals surface area contributed by atoms with Crippen LogP contribution in [0.2, 0.25) is 5.02 Å². The molecule has 0 saturated carbocycles. The van der Waals surface area contributed by atoms with Crippen molar-refractivity contribution in [1.82, 2.24) is 4.98 Å². The summed E-state index contributed by atoms with van der Waals surface area (Å²) in [4.78, 5) is 4.68. The Balaban J connectivity index is 1.54. The third-order valence-electron chi connectivity index (χ3n) is 5.11. The van der Waals surface area contributed by atoms with E-state index in [-0.39, 0.29) is 17.3 Å². The summed E-state index contributed by atoms with van der Waals surface area (Å²) in [6.07, 6.45) is 2.71. The standard InChI is InChI=1S/C23H23ClN2O4S/c1-16-19(24)10-6-12-22(16)31(27,28)26-23-21(15-17-7-5-11-20(17)25-23)30-14-13-29-18-8-3-2-4-9-18/h2-4,6,8-10,12,15H,5,7,11,13-14H2,1H3,(H,25,26). The van der Waals surface area contributed by atoms with E-state index in [2.05, 4.69) is 9.71 Å². The fourth-order valence-corrected chi connectivity index (χ4v) is 5.04. The quantitative estimate of drug-likeness (QED) is 0.491. The Morgan fingerprint density at radius 2 is 1.81 bits per heavy atom. The van der Waals surface area contributed by atoms with Crippen LogP contribution in [0.15, 0.2) is 59.5 Å². The number of anilines is 1. The van der Waals surface area contributed by atoms with Crippen molar-refractivity contribution in [2.24, 2.45) is 0 Å². The van der Waals surface area contributed by atoms with Crippen LogP contribution in [-0.2, 0) is 22.9 Å². The van der Waals surface area contributed by atoms with Gasteiger partial charge in [-0.3, -0.25) is 4.72 Å². The first-order valence-electron chi connectivity index (χ1n) is 10.1. The third kappa shape index (κ3) is 4.94. The Hall–Kier alpha value is -2.77. The first kappa shape index (κ1) is 21.5. The van der Waals surface area contributed by atoms with Crippen LogP contribution in [0.4, 0.5) is 5.82 Å². The Labute approximate surface area is 187 Å². The van der Waals surface area contributed by atoms with Gasteiger partial charge in [-0.25, -0.2) is 13.4 Å². The van der Waals surface area contributed by atoms with Crippen LogP contribution in [0.1, 0.15) is 23.2 Å². The predicted octanol–water partition coefficient (Wildman–Crippen LogP) is 4.79. The molecule has 0 radical (unpaired) electrons. The number of aryl methyl sites for hydroxylation is 2. The van der Waals surface area contributed by atoms with E-state index in [0.717, 1.165) is 36.3 Å². The van der Waals surface area contributed by atoms with Gasteiger partial charge in [0.05, 0.1) is 4.90 Å². The van der Waals surface area contributed by atoms with Gasteiger partial charge in [0.2, 0.25) is 0 Å². The van der Waals surface area contributed by atoms with Gasteiger partial charge in [-0.2, -0.15) is 0 Å². The minimum absolute atomic E-state index is 0.112. The molecule has 0 aliphatic heterocycles. The van der Waals surface area contributed by atoms with Gasteiger partial charge in [0.25, 0.3) is 10.0 Å². The highest BCUT2D eigenvalue weighted by atomic mass is 35.5. The number of hydrogen-bond donors (Lipinski definition) is 1. The van der Waals surface area contributed by atoms with E-state index in [1.165, 1.54) is 6.07 Å². The molecule has 0 atom stereocenters. The van der Waals surface area contributed by atoms with Gasteiger partial charge in [0.1, 0.15) is 19.0 Å². The molecule has 1 aromatic heterocycles. The number of pyridine rings is 1. The average molecular weight is 459 g/mol. The van der Waals surface area contributed by atoms with Crippen molar-refractivity contribution in [1.29, 1.82) is 0 Å². The van der Waals surface area contributed by atoms with Gasteiger partial charge in [0, 0.05) is 10.7 Å². The van der Waals surface area contributed by atoms with Crippen LogP contribution in [0, 0.1) is 6.92 Å². The zero-order chi connectivity index (χ0) is 21.8. The lowest BCUT2D eigenvalue weighted by Gasteiger charge is -2.16. The molecule has 0 amide bonds. The van der Waals surface area contributed by atoms with Gasteiger partial charge in [-0.05, 0) is 67.6 Å². The van der Waals surface area contributed by atoms with Crippen molar-refractivity contribution in [2.45, 2.75) is 31.1 Å². The summed E-state index contributed by atoms with van der Waals surface area (Å²) in [5.74, 6) is 1.32. The highest BCUT2D eigenvalue weighted by Crippen LogP contribution is 2.33. The van der Waals surface area contributed by atoms with Gasteiger partial charge < -0.3 is 9.47 Å². The molecular weight excluding hydrogens is 436 g/mol. The molecule has 0 bridgehead atoms. The molecule has 1 aliphatic rings. The zero-order valence-electron chi connectivity index (χ0n) is 17.1. The summed E-state index contributed by atoms with van der Waals surface area (Å²) in [5.41, 5.74) is 2.46. The summed E-state index contributed by atoms with van der Waals surface area (Å²) in [5, 5.41) is 0.388. The summed E-state index contributed by atoms with van der Waals surface area (Å²) >= 11 is 6.12. The highest BCUT2D eigenvalue weighted by Gasteiger charge is 2.23. The topological polar surface area (TPSA) is 77.5 Å². The van der Waals surface area contributed by atoms with Crippen molar-refractivity contribution >= 4 is 27.4 Å². The van der Waals surface area contributed by atoms with E-state index >= 15 is 0 Å². The minimum atomic E-state index is -3.89. The molecule has 0 fully saturated rings. The van der Waals surface area contributed by atoms with Crippen LogP contribution in [0.3, 0.4) is 0 Å². The first-order valence-corrected chi connectivity index (χ1v) is 11.9. The van der Waals surface area contributed by atoms with Crippen molar-refractivity contribution in [3.05, 3.63) is 76.4 Å². The lowest BCUT2D eigenvalue weighted by atomic mass is 10.2. The number of benzene rings is 2. The Bertz CT molecular complexity index is 1180. The maximum atomic E-state index is 13.1. The second-order valence-electron chi connectivity index (χ2n) is 7.27. The van der Waals surface area contributed by atoms with Crippen molar-refractivity contribution in [3.8, 4) is 11.5 Å². The summed E-state index contributed by atoms with van der Waals surface area (Å²) < 4.78 is 40.2. The highest BCUT2D eigenvalue weighted by molar-refractivity contribution is 7.92. The van der Waals surface area contributed by atoms with Crippen molar-refractivity contribution in [2.75, 3.05) is 17.9 Å². The smallest absolute Gasteiger partial charge is 0.263 e. The Morgan fingerprint density at radius 1 is 1.03 bits per heavy atom. The number of halogens is 1. The number of nitrogens with zero attached hydrogens (tertiary/aromatic N) is 1. The maximum absolute atomic E-state index is 13.1. The molecule has 4 rings (SSSR count). The SMILES string of the molecule is Cc1c(Cl)cccc1S(=O)(=O)Nc1nc2c(cc1OCCOc1ccccc1)CCC2. The van der Waals surface area contributed by atoms with E-state index in [1.54, 1.807) is 19.1 Å². The molecule has 0 unspecified atom stereocenters. The molecular formula is C23H23ClN2O4S. The number of nitrogens with one attached hydrogen (secondary N) is 1. The monoisotopic (exact) mass is 458 g/mol. The van der Waals surface area contributed by atoms with Gasteiger partial charge >= 0.3 is 0 Å². The number of para-hydroxylation sites is 1. The second kappa shape index (κ2) is 9.16. The van der Waals surface area contributed by atoms with Gasteiger partial charge in [0.15, 0.2) is 11.6 Å². The Kier molecular flexibility index (Phi) is 6.34. The molecule has 0 spiro atoms. The normalized spacial score (nSPS) is 13.0. The van der Waals surface area contributed by atoms with Gasteiger partial charge in [-0.1, -0.05) is 35.9 Å². The first-order chi connectivity index (χ1) is 14.9. The largest absolute Gasteiger partial charge is 0.490 e. The summed E-state index contributed by atoms with van der Waals surface area (Å²) in [6, 6.07) is 16.1. The van der Waals surface area contributed by atoms with E-state index in [1.807, 2.05) is 36.4 Å². The zero-order valence-corrected chi connectivity index (χ0v) is 18.7. The minimum Gasteiger partial charge on any atom is -0.490 e. The van der Waals surface area contributed by atoms with E-state index in [4.69, 9.17) is 21.1 Å². The third-order valence-corrected chi connectivity index (χ3v) is 7.00. The number of sulfonamides is 1. The molecule has 162 valence electrons. The van der Waals surface area contributed by atoms with Gasteiger partial charge in [-0.15, -0.1) is 0 Å². The molecule has 3 aromatic rings. The number of aromatic nitrogens is 1. The van der Waals surface area contributed by atoms with Crippen LogP contribution in [-0.4, -0.2) is 26.6 Å². The molecule has 31 heavy (non-hydrogen) atoms. The van der Waals surface area contributed by atoms with Crippen LogP contribution >= 0.6 is 11.6 Å². The summed E-state index contributed by atoms with van der Waals surface area (Å²) in [6.45, 7) is 2.24. The number of hydrogen-bond acceptors (Lipinski definition) is 5.